The van der Waals surface area contributed by atoms with Crippen molar-refractivity contribution in [1.29, 1.82) is 0 Å². The number of aliphatic hydroxyl groups excluding tert-OH is 2. The van der Waals surface area contributed by atoms with Crippen molar-refractivity contribution < 1.29 is 42.5 Å². The van der Waals surface area contributed by atoms with Crippen LogP contribution >= 0.6 is 0 Å². The number of hydrogen-bond acceptors (Lipinski definition) is 10. The van der Waals surface area contributed by atoms with E-state index in [1.54, 1.807) is 13.0 Å². The summed E-state index contributed by atoms with van der Waals surface area (Å²) < 4.78 is 35.7. The fraction of sp³-hybridized carbons (Fsp3) is 0.730. The number of carbonyl (C=O) groups is 2. The molecule has 2 aromatic rings. The van der Waals surface area contributed by atoms with Crippen molar-refractivity contribution in [2.24, 2.45) is 46.3 Å². The Morgan fingerprint density at radius 1 is 1.06 bits per heavy atom. The SMILES string of the molecule is C[C@H](NC(=O)CC[C@@H](C)[C@H]1CC[C@H]2C3[C@@H](O)C[C@@H]4C[C@H](O)CC[C@]4(C)[C@H]3CC[C@]12C)C(=O)NCCOc1no[n+]([O-])c1S(=O)(=O)c1ccccc1. The van der Waals surface area contributed by atoms with Crippen molar-refractivity contribution in [3.05, 3.63) is 35.5 Å². The summed E-state index contributed by atoms with van der Waals surface area (Å²) >= 11 is 0. The van der Waals surface area contributed by atoms with Gasteiger partial charge in [-0.2, -0.15) is 0 Å². The largest absolute Gasteiger partial charge is 0.453 e. The summed E-state index contributed by atoms with van der Waals surface area (Å²) in [4.78, 5) is 25.3. The number of ether oxygens (including phenoxy) is 1. The molecule has 282 valence electrons. The number of fused-ring (bicyclic) bond motifs is 5. The molecule has 13 nitrogen and oxygen atoms in total. The molecule has 4 saturated carbocycles. The lowest BCUT2D eigenvalue weighted by Crippen LogP contribution is -2.58. The fourth-order valence-electron chi connectivity index (χ4n) is 10.8. The fourth-order valence-corrected chi connectivity index (χ4v) is 12.1. The highest BCUT2D eigenvalue weighted by molar-refractivity contribution is 7.91. The van der Waals surface area contributed by atoms with Crippen molar-refractivity contribution in [2.75, 3.05) is 13.2 Å². The van der Waals surface area contributed by atoms with Gasteiger partial charge in [0.15, 0.2) is 0 Å². The van der Waals surface area contributed by atoms with Crippen molar-refractivity contribution in [1.82, 2.24) is 15.8 Å². The summed E-state index contributed by atoms with van der Waals surface area (Å²) in [5, 5.41) is 42.0. The quantitative estimate of drug-likeness (QED) is 0.185. The Morgan fingerprint density at radius 2 is 1.76 bits per heavy atom. The van der Waals surface area contributed by atoms with Gasteiger partial charge in [0.05, 0.1) is 28.8 Å². The first-order valence-corrected chi connectivity index (χ1v) is 20.1. The Kier molecular flexibility index (Phi) is 10.8. The molecular weight excluding hydrogens is 676 g/mol. The van der Waals surface area contributed by atoms with Crippen LogP contribution in [0.4, 0.5) is 0 Å². The number of benzene rings is 1. The van der Waals surface area contributed by atoms with Crippen molar-refractivity contribution >= 4 is 21.7 Å². The number of amides is 2. The third kappa shape index (κ3) is 7.12. The Bertz CT molecular complexity index is 1670. The van der Waals surface area contributed by atoms with Crippen LogP contribution in [-0.2, 0) is 19.4 Å². The summed E-state index contributed by atoms with van der Waals surface area (Å²) in [6.07, 6.45) is 8.43. The van der Waals surface area contributed by atoms with E-state index >= 15 is 0 Å². The Morgan fingerprint density at radius 3 is 2.51 bits per heavy atom. The van der Waals surface area contributed by atoms with Crippen molar-refractivity contribution in [3.63, 3.8) is 0 Å². The number of aromatic nitrogens is 2. The molecule has 2 amide bonds. The third-order valence-electron chi connectivity index (χ3n) is 13.5. The molecule has 0 saturated heterocycles. The lowest BCUT2D eigenvalue weighted by molar-refractivity contribution is -0.832. The minimum Gasteiger partial charge on any atom is -0.453 e. The first-order valence-electron chi connectivity index (χ1n) is 18.6. The van der Waals surface area contributed by atoms with Crippen LogP contribution < -0.4 is 20.3 Å². The lowest BCUT2D eigenvalue weighted by atomic mass is 9.43. The summed E-state index contributed by atoms with van der Waals surface area (Å²) in [5.41, 5.74) is 0.312. The van der Waals surface area contributed by atoms with Gasteiger partial charge in [0.25, 0.3) is 9.84 Å². The second kappa shape index (κ2) is 14.7. The van der Waals surface area contributed by atoms with E-state index < -0.39 is 32.7 Å². The zero-order valence-corrected chi connectivity index (χ0v) is 30.9. The number of carbonyl (C=O) groups excluding carboxylic acids is 2. The number of nitrogens with one attached hydrogen (secondary N) is 2. The molecule has 1 unspecified atom stereocenters. The molecule has 1 heterocycles. The van der Waals surface area contributed by atoms with E-state index in [-0.39, 0.29) is 51.9 Å². The molecule has 51 heavy (non-hydrogen) atoms. The van der Waals surface area contributed by atoms with Gasteiger partial charge in [-0.15, -0.1) is 0 Å². The van der Waals surface area contributed by atoms with Gasteiger partial charge >= 0.3 is 10.9 Å². The Labute approximate surface area is 300 Å². The smallest absolute Gasteiger partial charge is 0.415 e. The first-order chi connectivity index (χ1) is 24.2. The number of rotatable bonds is 12. The van der Waals surface area contributed by atoms with Crippen LogP contribution in [0, 0.1) is 51.5 Å². The zero-order valence-electron chi connectivity index (χ0n) is 30.1. The summed E-state index contributed by atoms with van der Waals surface area (Å²) in [7, 11) is -4.26. The second-order valence-corrected chi connectivity index (χ2v) is 18.1. The van der Waals surface area contributed by atoms with E-state index in [0.29, 0.717) is 48.3 Å². The average molecular weight is 731 g/mol. The minimum atomic E-state index is -4.26. The molecule has 6 rings (SSSR count). The maximum absolute atomic E-state index is 13.0. The standard InChI is InChI=1S/C37H54N4O9S/c1-22(27-11-12-28-32-29(15-17-37(27,28)4)36(3)16-14-25(42)20-24(36)21-30(32)43)10-13-31(44)39-23(2)33(45)38-18-19-49-34-35(41(46)50-40-34)51(47,48)26-8-6-5-7-9-26/h5-9,22-25,27-30,32,42-43H,10-21H2,1-4H3,(H,38,45)(H,39,44)/t22-,23+,24+,25-,27-,28+,29+,30+,32?,36+,37-/m1/s1. The van der Waals surface area contributed by atoms with Crippen LogP contribution in [-0.4, -0.2) is 67.0 Å². The van der Waals surface area contributed by atoms with E-state index in [4.69, 9.17) is 4.74 Å². The highest BCUT2D eigenvalue weighted by Crippen LogP contribution is 2.68. The van der Waals surface area contributed by atoms with Crippen LogP contribution in [0.25, 0.3) is 0 Å². The van der Waals surface area contributed by atoms with E-state index in [1.807, 2.05) is 0 Å². The number of sulfone groups is 1. The van der Waals surface area contributed by atoms with Gasteiger partial charge in [-0.25, -0.2) is 8.42 Å². The average Bonchev–Trinajstić information content (AvgIpc) is 3.66. The van der Waals surface area contributed by atoms with Gasteiger partial charge in [0.2, 0.25) is 11.8 Å². The van der Waals surface area contributed by atoms with Gasteiger partial charge < -0.3 is 30.8 Å². The predicted octanol–water partition coefficient (Wildman–Crippen LogP) is 3.55. The molecule has 4 fully saturated rings. The van der Waals surface area contributed by atoms with Gasteiger partial charge in [-0.05, 0) is 128 Å². The highest BCUT2D eigenvalue weighted by Gasteiger charge is 2.62. The number of hydrogen-bond donors (Lipinski definition) is 4. The van der Waals surface area contributed by atoms with E-state index in [9.17, 15) is 33.4 Å². The maximum atomic E-state index is 13.0. The highest BCUT2D eigenvalue weighted by atomic mass is 32.2. The molecule has 0 radical (unpaired) electrons. The molecule has 4 N–H and O–H groups in total. The number of aliphatic hydroxyl groups is 2. The molecule has 1 aromatic carbocycles. The van der Waals surface area contributed by atoms with Crippen molar-refractivity contribution in [3.8, 4) is 5.88 Å². The topological polar surface area (TPSA) is 195 Å². The molecule has 0 bridgehead atoms. The van der Waals surface area contributed by atoms with Crippen LogP contribution in [0.5, 0.6) is 5.88 Å². The second-order valence-electron chi connectivity index (χ2n) is 16.3. The Hall–Kier alpha value is -3.23. The first kappa shape index (κ1) is 37.5. The monoisotopic (exact) mass is 730 g/mol. The molecule has 0 aliphatic heterocycles. The minimum absolute atomic E-state index is 0.0354. The van der Waals surface area contributed by atoms with Gasteiger partial charge in [-0.1, -0.05) is 39.0 Å². The molecular formula is C37H54N4O9S. The normalized spacial score (nSPS) is 34.4. The van der Waals surface area contributed by atoms with Crippen LogP contribution in [0.1, 0.15) is 91.9 Å². The van der Waals surface area contributed by atoms with Gasteiger partial charge in [0.1, 0.15) is 12.6 Å². The zero-order chi connectivity index (χ0) is 36.7. The predicted molar refractivity (Wildman–Crippen MR) is 184 cm³/mol. The lowest BCUT2D eigenvalue weighted by Gasteiger charge is -2.62. The van der Waals surface area contributed by atoms with Crippen LogP contribution in [0.3, 0.4) is 0 Å². The van der Waals surface area contributed by atoms with E-state index in [2.05, 4.69) is 41.2 Å². The molecule has 11 atom stereocenters. The molecule has 14 heteroatoms. The third-order valence-corrected chi connectivity index (χ3v) is 15.2. The van der Waals surface area contributed by atoms with Gasteiger partial charge in [0, 0.05) is 6.42 Å². The van der Waals surface area contributed by atoms with E-state index in [1.165, 1.54) is 24.3 Å². The van der Waals surface area contributed by atoms with Crippen molar-refractivity contribution in [2.45, 2.75) is 120 Å². The molecule has 4 aliphatic carbocycles. The van der Waals surface area contributed by atoms with Gasteiger partial charge in [-0.3, -0.25) is 14.2 Å². The maximum Gasteiger partial charge on any atom is 0.415 e. The summed E-state index contributed by atoms with van der Waals surface area (Å²) in [6.45, 7) is 8.45. The van der Waals surface area contributed by atoms with Crippen LogP contribution in [0.2, 0.25) is 0 Å². The van der Waals surface area contributed by atoms with E-state index in [0.717, 1.165) is 51.4 Å². The molecule has 0 spiro atoms. The number of nitrogens with zero attached hydrogens (tertiary/aromatic N) is 2. The van der Waals surface area contributed by atoms with Crippen LogP contribution in [0.15, 0.2) is 44.9 Å². The molecule has 1 aromatic heterocycles. The Balaban J connectivity index is 0.954. The summed E-state index contributed by atoms with van der Waals surface area (Å²) in [6, 6.07) is 6.53. The molecule has 4 aliphatic rings. The summed E-state index contributed by atoms with van der Waals surface area (Å²) in [5.74, 6) is 1.28.